The number of carbonyl (C=O) groups is 1. The van der Waals surface area contributed by atoms with Crippen LogP contribution in [0.3, 0.4) is 0 Å². The van der Waals surface area contributed by atoms with E-state index in [-0.39, 0.29) is 50.1 Å². The van der Waals surface area contributed by atoms with Crippen molar-refractivity contribution in [2.24, 2.45) is 5.73 Å². The van der Waals surface area contributed by atoms with Gasteiger partial charge in [-0.25, -0.2) is 0 Å². The van der Waals surface area contributed by atoms with E-state index >= 15 is 0 Å². The van der Waals surface area contributed by atoms with Gasteiger partial charge >= 0.3 is 5.97 Å². The second-order valence-electron chi connectivity index (χ2n) is 2.11. The van der Waals surface area contributed by atoms with Gasteiger partial charge < -0.3 is 16.2 Å². The quantitative estimate of drug-likeness (QED) is 0.554. The Hall–Kier alpha value is 1.35. The topological polar surface area (TPSA) is 84.6 Å². The zero-order valence-corrected chi connectivity index (χ0v) is 11.6. The average Bonchev–Trinajstić information content (AvgIpc) is 2.62. The monoisotopic (exact) mass is 352 g/mol. The molecule has 1 rings (SSSR count). The van der Waals surface area contributed by atoms with E-state index in [2.05, 4.69) is 38.6 Å². The molecule has 1 heterocycles. The van der Waals surface area contributed by atoms with Gasteiger partial charge in [0.15, 0.2) is 17.4 Å². The smallest absolute Gasteiger partial charge is 0.317 e. The first-order valence-electron chi connectivity index (χ1n) is 3.71. The zero-order valence-electron chi connectivity index (χ0n) is 7.63. The maximum atomic E-state index is 9.24. The molecule has 5 nitrogen and oxygen atoms in total. The van der Waals surface area contributed by atoms with Crippen molar-refractivity contribution in [2.75, 3.05) is 19.6 Å². The maximum Gasteiger partial charge on any atom is 0.317 e. The number of nitrogens with one attached hydrogen (secondary N) is 1. The largest absolute Gasteiger partial charge is 0.480 e. The van der Waals surface area contributed by atoms with Crippen LogP contribution in [0.15, 0.2) is 0 Å². The van der Waals surface area contributed by atoms with Crippen LogP contribution in [0.1, 0.15) is 12.8 Å². The molecule has 1 saturated heterocycles. The van der Waals surface area contributed by atoms with Crippen LogP contribution in [-0.2, 0) is 34.8 Å². The van der Waals surface area contributed by atoms with Crippen molar-refractivity contribution in [3.8, 4) is 0 Å². The molecular weight excluding hydrogens is 337 g/mol. The van der Waals surface area contributed by atoms with Gasteiger partial charge in [-0.05, 0) is 25.9 Å². The van der Waals surface area contributed by atoms with Crippen molar-refractivity contribution in [3.05, 3.63) is 0 Å². The number of aliphatic carboxylic acids is 1. The third-order valence-electron chi connectivity index (χ3n) is 1.13. The molecule has 0 spiro atoms. The van der Waals surface area contributed by atoms with Crippen LogP contribution in [0.5, 0.6) is 0 Å². The minimum absolute atomic E-state index is 0. The van der Waals surface area contributed by atoms with Crippen LogP contribution in [-0.4, -0.2) is 48.1 Å². The summed E-state index contributed by atoms with van der Waals surface area (Å²) in [6, 6.07) is 0. The van der Waals surface area contributed by atoms with Gasteiger partial charge in [0, 0.05) is 26.2 Å². The molecule has 0 unspecified atom stereocenters. The standard InChI is InChI=1S/C4H9N.C2H5NO2.Al.Cl2O.Zr.3H/c1-2-4-5-3-1;3-1-2(4)5;;1-3-2;;;;/h5H,1-4H2;1,3H2,(H,4,5);;;;;;. The van der Waals surface area contributed by atoms with Crippen LogP contribution < -0.4 is 11.1 Å². The minimum Gasteiger partial charge on any atom is -0.480 e. The number of hydrogen-bond acceptors (Lipinski definition) is 4. The number of hydrogen-bond donors (Lipinski definition) is 3. The summed E-state index contributed by atoms with van der Waals surface area (Å²) in [6.07, 6.45) is 2.78. The van der Waals surface area contributed by atoms with E-state index in [0.717, 1.165) is 0 Å². The summed E-state index contributed by atoms with van der Waals surface area (Å²) in [4.78, 5) is 9.24. The van der Waals surface area contributed by atoms with E-state index in [0.29, 0.717) is 0 Å². The molecule has 1 aliphatic heterocycles. The molecule has 0 bridgehead atoms. The van der Waals surface area contributed by atoms with Gasteiger partial charge in [-0.15, -0.1) is 0 Å². The number of rotatable bonds is 1. The van der Waals surface area contributed by atoms with E-state index in [1.54, 1.807) is 0 Å². The Morgan fingerprint density at radius 3 is 1.73 bits per heavy atom. The Balaban J connectivity index is -0.0000000587. The normalized spacial score (nSPS) is 11.7. The number of nitrogens with two attached hydrogens (primary N) is 1. The van der Waals surface area contributed by atoms with Crippen molar-refractivity contribution in [3.63, 3.8) is 0 Å². The summed E-state index contributed by atoms with van der Waals surface area (Å²) < 4.78 is 3.19. The van der Waals surface area contributed by atoms with Crippen LogP contribution in [0, 0.1) is 0 Å². The molecule has 15 heavy (non-hydrogen) atoms. The molecule has 0 aromatic rings. The van der Waals surface area contributed by atoms with Crippen molar-refractivity contribution < 1.29 is 39.9 Å². The number of carboxylic acid groups (broad SMARTS) is 1. The Kier molecular flexibility index (Phi) is 41.3. The fraction of sp³-hybridized carbons (Fsp3) is 0.833. The van der Waals surface area contributed by atoms with Gasteiger partial charge in [-0.2, -0.15) is 3.84 Å². The van der Waals surface area contributed by atoms with Gasteiger partial charge in [0.05, 0.1) is 30.3 Å². The molecule has 1 aliphatic rings. The predicted molar refractivity (Wildman–Crippen MR) is 61.5 cm³/mol. The molecule has 0 aromatic carbocycles. The molecule has 0 radical (unpaired) electrons. The fourth-order valence-corrected chi connectivity index (χ4v) is 0.625. The van der Waals surface area contributed by atoms with Gasteiger partial charge in [-0.3, -0.25) is 4.79 Å². The van der Waals surface area contributed by atoms with E-state index in [1.165, 1.54) is 25.9 Å². The van der Waals surface area contributed by atoms with E-state index in [4.69, 9.17) is 5.11 Å². The molecule has 0 saturated carbocycles. The van der Waals surface area contributed by atoms with Gasteiger partial charge in [0.2, 0.25) is 0 Å². The van der Waals surface area contributed by atoms with Crippen molar-refractivity contribution >= 4 is 47.1 Å². The SMILES string of the molecule is C1CCNC1.ClOCl.NCC(=O)O.[AlH3].[Zr]. The van der Waals surface area contributed by atoms with E-state index in [9.17, 15) is 4.79 Å². The number of halogens is 2. The summed E-state index contributed by atoms with van der Waals surface area (Å²) in [5.74, 6) is -0.968. The Morgan fingerprint density at radius 2 is 1.67 bits per heavy atom. The molecule has 4 N–H and O–H groups in total. The van der Waals surface area contributed by atoms with Crippen molar-refractivity contribution in [1.82, 2.24) is 5.32 Å². The second-order valence-corrected chi connectivity index (χ2v) is 2.58. The summed E-state index contributed by atoms with van der Waals surface area (Å²) in [6.45, 7) is 2.22. The summed E-state index contributed by atoms with van der Waals surface area (Å²) in [5.41, 5.74) is 4.57. The van der Waals surface area contributed by atoms with Crippen LogP contribution in [0.25, 0.3) is 0 Å². The average molecular weight is 354 g/mol. The maximum absolute atomic E-state index is 9.24. The van der Waals surface area contributed by atoms with Crippen LogP contribution >= 0.6 is 23.7 Å². The van der Waals surface area contributed by atoms with Crippen molar-refractivity contribution in [1.29, 1.82) is 0 Å². The molecule has 1 fully saturated rings. The first-order valence-corrected chi connectivity index (χ1v) is 4.32. The van der Waals surface area contributed by atoms with E-state index < -0.39 is 5.97 Å². The molecule has 9 heteroatoms. The fourth-order valence-electron chi connectivity index (χ4n) is 0.625. The van der Waals surface area contributed by atoms with Gasteiger partial charge in [0.1, 0.15) is 0 Å². The zero-order chi connectivity index (χ0) is 10.5. The molecule has 90 valence electrons. The van der Waals surface area contributed by atoms with Crippen LogP contribution in [0.4, 0.5) is 0 Å². The summed E-state index contributed by atoms with van der Waals surface area (Å²) >= 11 is 8.53. The minimum atomic E-state index is -0.968. The second kappa shape index (κ2) is 24.5. The molecule has 0 aliphatic carbocycles. The van der Waals surface area contributed by atoms with Crippen molar-refractivity contribution in [2.45, 2.75) is 12.8 Å². The molecule has 0 amide bonds. The Labute approximate surface area is 130 Å². The molecular formula is C6H17AlCl2N2O3Zr. The first-order chi connectivity index (χ1) is 6.18. The first kappa shape index (κ1) is 25.3. The Morgan fingerprint density at radius 1 is 1.40 bits per heavy atom. The van der Waals surface area contributed by atoms with E-state index in [1.807, 2.05) is 0 Å². The number of carboxylic acids is 1. The Bertz CT molecular complexity index is 115. The predicted octanol–water partition coefficient (Wildman–Crippen LogP) is -0.476. The van der Waals surface area contributed by atoms with Gasteiger partial charge in [-0.1, -0.05) is 0 Å². The third kappa shape index (κ3) is 39.2. The molecule has 0 aromatic heterocycles. The van der Waals surface area contributed by atoms with Crippen LogP contribution in [0.2, 0.25) is 0 Å². The summed E-state index contributed by atoms with van der Waals surface area (Å²) in [7, 11) is 0. The summed E-state index contributed by atoms with van der Waals surface area (Å²) in [5, 5.41) is 10.8. The third-order valence-corrected chi connectivity index (χ3v) is 1.13. The van der Waals surface area contributed by atoms with Gasteiger partial charge in [0.25, 0.3) is 0 Å². The molecule has 0 atom stereocenters.